The fourth-order valence-corrected chi connectivity index (χ4v) is 3.53. The number of nitrogens with two attached hydrogens (primary N) is 1. The summed E-state index contributed by atoms with van der Waals surface area (Å²) < 4.78 is 5.43. The first-order valence-electron chi connectivity index (χ1n) is 8.63. The second-order valence-electron chi connectivity index (χ2n) is 6.02. The third kappa shape index (κ3) is 4.92. The van der Waals surface area contributed by atoms with Crippen molar-refractivity contribution < 1.29 is 14.3 Å². The Morgan fingerprint density at radius 1 is 0.964 bits per heavy atom. The van der Waals surface area contributed by atoms with Gasteiger partial charge in [0.05, 0.1) is 7.11 Å². The first-order valence-corrected chi connectivity index (χ1v) is 9.61. The Balaban J connectivity index is 1.73. The summed E-state index contributed by atoms with van der Waals surface area (Å²) in [6, 6.07) is 21.9. The van der Waals surface area contributed by atoms with E-state index in [1.165, 1.54) is 0 Å². The number of benzene rings is 3. The van der Waals surface area contributed by atoms with E-state index >= 15 is 0 Å². The van der Waals surface area contributed by atoms with Crippen molar-refractivity contribution in [1.82, 2.24) is 0 Å². The van der Waals surface area contributed by atoms with Gasteiger partial charge in [-0.2, -0.15) is 0 Å². The largest absolute Gasteiger partial charge is 0.496 e. The summed E-state index contributed by atoms with van der Waals surface area (Å²) in [7, 11) is 1.62. The van der Waals surface area contributed by atoms with Gasteiger partial charge in [0.25, 0.3) is 5.91 Å². The van der Waals surface area contributed by atoms with E-state index in [1.807, 2.05) is 36.4 Å². The number of rotatable bonds is 7. The molecule has 3 aromatic rings. The van der Waals surface area contributed by atoms with Crippen LogP contribution < -0.4 is 15.8 Å². The molecule has 5 nitrogen and oxygen atoms in total. The molecule has 0 aliphatic heterocycles. The number of ether oxygens (including phenoxy) is 1. The van der Waals surface area contributed by atoms with Crippen LogP contribution in [0.25, 0.3) is 0 Å². The van der Waals surface area contributed by atoms with Crippen molar-refractivity contribution in [3.63, 3.8) is 0 Å². The lowest BCUT2D eigenvalue weighted by Crippen LogP contribution is -2.13. The molecule has 0 aliphatic rings. The van der Waals surface area contributed by atoms with Gasteiger partial charge < -0.3 is 15.8 Å². The maximum atomic E-state index is 12.6. The van der Waals surface area contributed by atoms with E-state index in [9.17, 15) is 9.59 Å². The zero-order valence-corrected chi connectivity index (χ0v) is 16.2. The number of carbonyl (C=O) groups is 2. The summed E-state index contributed by atoms with van der Waals surface area (Å²) in [5, 5.41) is 2.82. The van der Waals surface area contributed by atoms with Gasteiger partial charge in [0.2, 0.25) is 5.91 Å². The number of hydrogen-bond donors (Lipinski definition) is 2. The van der Waals surface area contributed by atoms with Crippen LogP contribution >= 0.6 is 11.8 Å². The van der Waals surface area contributed by atoms with Crippen molar-refractivity contribution in [2.45, 2.75) is 10.6 Å². The van der Waals surface area contributed by atoms with Gasteiger partial charge in [-0.3, -0.25) is 9.59 Å². The molecule has 0 saturated heterocycles. The van der Waals surface area contributed by atoms with Gasteiger partial charge in [0.15, 0.2) is 0 Å². The lowest BCUT2D eigenvalue weighted by molar-refractivity contribution is 0.0998. The van der Waals surface area contributed by atoms with Crippen LogP contribution in [0, 0.1) is 0 Å². The van der Waals surface area contributed by atoms with Crippen LogP contribution in [0.1, 0.15) is 26.3 Å². The van der Waals surface area contributed by atoms with Crippen LogP contribution in [0.5, 0.6) is 5.75 Å². The van der Waals surface area contributed by atoms with Gasteiger partial charge >= 0.3 is 0 Å². The number of primary amides is 1. The molecule has 0 radical (unpaired) electrons. The lowest BCUT2D eigenvalue weighted by atomic mass is 10.1. The van der Waals surface area contributed by atoms with Crippen LogP contribution in [0.3, 0.4) is 0 Å². The van der Waals surface area contributed by atoms with Crippen LogP contribution in [-0.2, 0) is 5.75 Å². The van der Waals surface area contributed by atoms with Crippen LogP contribution in [0.2, 0.25) is 0 Å². The highest BCUT2D eigenvalue weighted by Gasteiger charge is 2.11. The fourth-order valence-electron chi connectivity index (χ4n) is 2.63. The average Bonchev–Trinajstić information content (AvgIpc) is 2.73. The van der Waals surface area contributed by atoms with Crippen molar-refractivity contribution in [2.75, 3.05) is 12.4 Å². The molecule has 3 aromatic carbocycles. The highest BCUT2D eigenvalue weighted by atomic mass is 32.2. The molecule has 142 valence electrons. The molecule has 2 amide bonds. The monoisotopic (exact) mass is 392 g/mol. The Hall–Kier alpha value is -3.25. The molecule has 28 heavy (non-hydrogen) atoms. The molecule has 0 saturated carbocycles. The molecule has 0 fully saturated rings. The Labute approximate surface area is 167 Å². The molecule has 0 aromatic heterocycles. The smallest absolute Gasteiger partial charge is 0.255 e. The van der Waals surface area contributed by atoms with Gasteiger partial charge in [-0.25, -0.2) is 0 Å². The summed E-state index contributed by atoms with van der Waals surface area (Å²) in [6.07, 6.45) is 0. The van der Waals surface area contributed by atoms with Crippen LogP contribution in [0.4, 0.5) is 5.69 Å². The number of hydrogen-bond acceptors (Lipinski definition) is 4. The molecular formula is C22H20N2O3S. The Morgan fingerprint density at radius 2 is 1.64 bits per heavy atom. The highest BCUT2D eigenvalue weighted by molar-refractivity contribution is 7.98. The van der Waals surface area contributed by atoms with Crippen LogP contribution in [0.15, 0.2) is 77.7 Å². The number of carbonyl (C=O) groups excluding carboxylic acids is 2. The van der Waals surface area contributed by atoms with Crippen LogP contribution in [-0.4, -0.2) is 18.9 Å². The Morgan fingerprint density at radius 3 is 2.29 bits per heavy atom. The minimum Gasteiger partial charge on any atom is -0.496 e. The van der Waals surface area contributed by atoms with Crippen molar-refractivity contribution >= 4 is 29.3 Å². The summed E-state index contributed by atoms with van der Waals surface area (Å²) in [6.45, 7) is 0. The number of nitrogens with one attached hydrogen (secondary N) is 1. The average molecular weight is 392 g/mol. The van der Waals surface area contributed by atoms with E-state index in [0.29, 0.717) is 22.6 Å². The van der Waals surface area contributed by atoms with E-state index in [2.05, 4.69) is 5.32 Å². The third-order valence-corrected chi connectivity index (χ3v) is 5.17. The quantitative estimate of drug-likeness (QED) is 0.586. The summed E-state index contributed by atoms with van der Waals surface area (Å²) in [5.41, 5.74) is 7.68. The first kappa shape index (κ1) is 19.5. The number of methoxy groups -OCH3 is 1. The summed E-state index contributed by atoms with van der Waals surface area (Å²) >= 11 is 1.68. The van der Waals surface area contributed by atoms with Gasteiger partial charge in [0, 0.05) is 33.0 Å². The molecule has 6 heteroatoms. The van der Waals surface area contributed by atoms with E-state index in [4.69, 9.17) is 10.5 Å². The van der Waals surface area contributed by atoms with Crippen molar-refractivity contribution in [2.24, 2.45) is 5.73 Å². The van der Waals surface area contributed by atoms with Gasteiger partial charge in [0.1, 0.15) is 5.75 Å². The second kappa shape index (κ2) is 9.10. The standard InChI is InChI=1S/C22H20N2O3S/c1-27-20-12-9-16(13-17(20)14-28-19-5-3-2-4-6-19)22(26)24-18-10-7-15(8-11-18)21(23)25/h2-13H,14H2,1H3,(H2,23,25)(H,24,26). The SMILES string of the molecule is COc1ccc(C(=O)Nc2ccc(C(N)=O)cc2)cc1CSc1ccccc1. The van der Waals surface area contributed by atoms with Gasteiger partial charge in [-0.1, -0.05) is 18.2 Å². The highest BCUT2D eigenvalue weighted by Crippen LogP contribution is 2.29. The van der Waals surface area contributed by atoms with E-state index in [0.717, 1.165) is 16.2 Å². The summed E-state index contributed by atoms with van der Waals surface area (Å²) in [4.78, 5) is 24.9. The minimum absolute atomic E-state index is 0.236. The molecule has 3 N–H and O–H groups in total. The molecular weight excluding hydrogens is 372 g/mol. The maximum absolute atomic E-state index is 12.6. The lowest BCUT2D eigenvalue weighted by Gasteiger charge is -2.11. The third-order valence-electron chi connectivity index (χ3n) is 4.11. The minimum atomic E-state index is -0.506. The zero-order chi connectivity index (χ0) is 19.9. The zero-order valence-electron chi connectivity index (χ0n) is 15.3. The van der Waals surface area contributed by atoms with E-state index in [1.54, 1.807) is 55.3 Å². The Bertz CT molecular complexity index is 973. The van der Waals surface area contributed by atoms with Crippen molar-refractivity contribution in [1.29, 1.82) is 0 Å². The predicted octanol–water partition coefficient (Wildman–Crippen LogP) is 4.34. The Kier molecular flexibility index (Phi) is 6.34. The summed E-state index contributed by atoms with van der Waals surface area (Å²) in [5.74, 6) is 0.682. The number of amides is 2. The fraction of sp³-hybridized carbons (Fsp3) is 0.0909. The van der Waals surface area contributed by atoms with Gasteiger partial charge in [-0.15, -0.1) is 11.8 Å². The van der Waals surface area contributed by atoms with E-state index < -0.39 is 5.91 Å². The van der Waals surface area contributed by atoms with E-state index in [-0.39, 0.29) is 5.91 Å². The van der Waals surface area contributed by atoms with Gasteiger partial charge in [-0.05, 0) is 54.6 Å². The van der Waals surface area contributed by atoms with Crippen molar-refractivity contribution in [3.8, 4) is 5.75 Å². The maximum Gasteiger partial charge on any atom is 0.255 e. The molecule has 0 spiro atoms. The molecule has 3 rings (SSSR count). The second-order valence-corrected chi connectivity index (χ2v) is 7.07. The predicted molar refractivity (Wildman–Crippen MR) is 112 cm³/mol. The normalized spacial score (nSPS) is 10.3. The molecule has 0 unspecified atom stereocenters. The molecule has 0 bridgehead atoms. The first-order chi connectivity index (χ1) is 13.6. The van der Waals surface area contributed by atoms with Crippen molar-refractivity contribution in [3.05, 3.63) is 89.5 Å². The molecule has 0 heterocycles. The molecule has 0 atom stereocenters. The topological polar surface area (TPSA) is 81.4 Å². The number of anilines is 1. The number of thioether (sulfide) groups is 1. The molecule has 0 aliphatic carbocycles.